The van der Waals surface area contributed by atoms with E-state index < -0.39 is 0 Å². The number of nitrogens with one attached hydrogen (secondary N) is 1. The minimum atomic E-state index is -0.356. The van der Waals surface area contributed by atoms with Gasteiger partial charge in [0.05, 0.1) is 11.9 Å². The van der Waals surface area contributed by atoms with E-state index >= 15 is 0 Å². The lowest BCUT2D eigenvalue weighted by molar-refractivity contribution is -0.116. The van der Waals surface area contributed by atoms with Gasteiger partial charge in [0, 0.05) is 18.7 Å². The predicted molar refractivity (Wildman–Crippen MR) is 117 cm³/mol. The summed E-state index contributed by atoms with van der Waals surface area (Å²) >= 11 is 0. The van der Waals surface area contributed by atoms with Crippen molar-refractivity contribution in [3.63, 3.8) is 0 Å². The van der Waals surface area contributed by atoms with E-state index in [1.165, 1.54) is 27.6 Å². The third-order valence-corrected chi connectivity index (χ3v) is 5.02. The van der Waals surface area contributed by atoms with Crippen LogP contribution in [-0.4, -0.2) is 25.2 Å². The van der Waals surface area contributed by atoms with Gasteiger partial charge in [0.25, 0.3) is 5.56 Å². The van der Waals surface area contributed by atoms with Crippen LogP contribution in [0.25, 0.3) is 16.7 Å². The number of amides is 1. The summed E-state index contributed by atoms with van der Waals surface area (Å²) in [5.74, 6) is -0.0650. The van der Waals surface area contributed by atoms with Gasteiger partial charge in [0.2, 0.25) is 5.91 Å². The second-order valence-electron chi connectivity index (χ2n) is 7.56. The standard InChI is InChI=1S/C23H22FN5O2/c1-14-10-15(2)12-18(11-14)27-21(30)8-9-28-16(3)26-22-20(23(28)31)13-25-29(22)19-6-4-17(24)5-7-19/h4-7,10-13H,8-9H2,1-3H3,(H,27,30). The fourth-order valence-corrected chi connectivity index (χ4v) is 3.62. The molecule has 0 saturated carbocycles. The molecular weight excluding hydrogens is 397 g/mol. The Bertz CT molecular complexity index is 1320. The van der Waals surface area contributed by atoms with Crippen LogP contribution in [0.15, 0.2) is 53.5 Å². The van der Waals surface area contributed by atoms with Crippen LogP contribution in [0.5, 0.6) is 0 Å². The van der Waals surface area contributed by atoms with E-state index in [0.29, 0.717) is 22.5 Å². The maximum Gasteiger partial charge on any atom is 0.264 e. The Morgan fingerprint density at radius 3 is 2.42 bits per heavy atom. The van der Waals surface area contributed by atoms with E-state index in [1.54, 1.807) is 19.1 Å². The van der Waals surface area contributed by atoms with Gasteiger partial charge in [-0.2, -0.15) is 5.10 Å². The summed E-state index contributed by atoms with van der Waals surface area (Å²) in [6, 6.07) is 11.6. The van der Waals surface area contributed by atoms with E-state index in [2.05, 4.69) is 15.4 Å². The number of fused-ring (bicyclic) bond motifs is 1. The highest BCUT2D eigenvalue weighted by Gasteiger charge is 2.15. The number of hydrogen-bond acceptors (Lipinski definition) is 4. The Kier molecular flexibility index (Phi) is 5.37. The van der Waals surface area contributed by atoms with Crippen molar-refractivity contribution < 1.29 is 9.18 Å². The summed E-state index contributed by atoms with van der Waals surface area (Å²) in [6.07, 6.45) is 1.58. The van der Waals surface area contributed by atoms with Crippen molar-refractivity contribution in [2.45, 2.75) is 33.7 Å². The van der Waals surface area contributed by atoms with Crippen molar-refractivity contribution in [2.75, 3.05) is 5.32 Å². The van der Waals surface area contributed by atoms with E-state index in [1.807, 2.05) is 32.0 Å². The number of benzene rings is 2. The summed E-state index contributed by atoms with van der Waals surface area (Å²) in [7, 11) is 0. The lowest BCUT2D eigenvalue weighted by Gasteiger charge is -2.11. The molecule has 0 fully saturated rings. The first-order valence-electron chi connectivity index (χ1n) is 9.91. The summed E-state index contributed by atoms with van der Waals surface area (Å²) in [6.45, 7) is 5.85. The molecule has 0 atom stereocenters. The zero-order chi connectivity index (χ0) is 22.1. The number of nitrogens with zero attached hydrogens (tertiary/aromatic N) is 4. The minimum absolute atomic E-state index is 0.132. The molecule has 0 saturated heterocycles. The first-order valence-corrected chi connectivity index (χ1v) is 9.91. The number of aromatic nitrogens is 4. The molecule has 2 aromatic heterocycles. The molecule has 0 spiro atoms. The third-order valence-electron chi connectivity index (χ3n) is 5.02. The molecule has 0 radical (unpaired) electrons. The Balaban J connectivity index is 1.56. The van der Waals surface area contributed by atoms with E-state index in [9.17, 15) is 14.0 Å². The van der Waals surface area contributed by atoms with Crippen LogP contribution in [0.4, 0.5) is 10.1 Å². The molecule has 0 aliphatic carbocycles. The number of rotatable bonds is 5. The predicted octanol–water partition coefficient (Wildman–Crippen LogP) is 3.68. The number of aryl methyl sites for hydroxylation is 3. The summed E-state index contributed by atoms with van der Waals surface area (Å²) in [5.41, 5.74) is 3.60. The Morgan fingerprint density at radius 2 is 1.74 bits per heavy atom. The number of carbonyl (C=O) groups excluding carboxylic acids is 1. The Labute approximate surface area is 178 Å². The molecule has 1 amide bonds. The van der Waals surface area contributed by atoms with Crippen LogP contribution in [0.1, 0.15) is 23.4 Å². The number of halogens is 1. The molecule has 4 aromatic rings. The minimum Gasteiger partial charge on any atom is -0.326 e. The highest BCUT2D eigenvalue weighted by atomic mass is 19.1. The third kappa shape index (κ3) is 4.23. The lowest BCUT2D eigenvalue weighted by Crippen LogP contribution is -2.26. The molecule has 2 aromatic carbocycles. The summed E-state index contributed by atoms with van der Waals surface area (Å²) in [5, 5.41) is 7.46. The lowest BCUT2D eigenvalue weighted by atomic mass is 10.1. The molecule has 4 rings (SSSR count). The molecule has 2 heterocycles. The molecule has 0 aliphatic heterocycles. The van der Waals surface area contributed by atoms with Crippen LogP contribution in [-0.2, 0) is 11.3 Å². The first kappa shape index (κ1) is 20.5. The summed E-state index contributed by atoms with van der Waals surface area (Å²) in [4.78, 5) is 29.9. The molecule has 0 unspecified atom stereocenters. The second-order valence-corrected chi connectivity index (χ2v) is 7.56. The van der Waals surface area contributed by atoms with Gasteiger partial charge in [-0.15, -0.1) is 0 Å². The quantitative estimate of drug-likeness (QED) is 0.535. The van der Waals surface area contributed by atoms with E-state index in [0.717, 1.165) is 16.8 Å². The molecule has 7 nitrogen and oxygen atoms in total. The first-order chi connectivity index (χ1) is 14.8. The van der Waals surface area contributed by atoms with Gasteiger partial charge in [-0.25, -0.2) is 14.1 Å². The molecule has 31 heavy (non-hydrogen) atoms. The van der Waals surface area contributed by atoms with E-state index in [4.69, 9.17) is 0 Å². The van der Waals surface area contributed by atoms with Gasteiger partial charge in [0.1, 0.15) is 17.0 Å². The maximum absolute atomic E-state index is 13.2. The maximum atomic E-state index is 13.2. The van der Waals surface area contributed by atoms with Crippen molar-refractivity contribution in [1.82, 2.24) is 19.3 Å². The average molecular weight is 419 g/mol. The van der Waals surface area contributed by atoms with Crippen LogP contribution in [0.3, 0.4) is 0 Å². The number of anilines is 1. The largest absolute Gasteiger partial charge is 0.326 e. The molecule has 1 N–H and O–H groups in total. The van der Waals surface area contributed by atoms with Crippen molar-refractivity contribution in [2.24, 2.45) is 0 Å². The van der Waals surface area contributed by atoms with E-state index in [-0.39, 0.29) is 30.2 Å². The molecule has 0 bridgehead atoms. The zero-order valence-corrected chi connectivity index (χ0v) is 17.5. The van der Waals surface area contributed by atoms with Crippen LogP contribution in [0.2, 0.25) is 0 Å². The fraction of sp³-hybridized carbons (Fsp3) is 0.217. The fourth-order valence-electron chi connectivity index (χ4n) is 3.62. The number of hydrogen-bond donors (Lipinski definition) is 1. The Morgan fingerprint density at radius 1 is 1.06 bits per heavy atom. The van der Waals surface area contributed by atoms with Crippen LogP contribution >= 0.6 is 0 Å². The number of carbonyl (C=O) groups is 1. The van der Waals surface area contributed by atoms with Gasteiger partial charge in [0.15, 0.2) is 5.65 Å². The Hall–Kier alpha value is -3.81. The van der Waals surface area contributed by atoms with Crippen molar-refractivity contribution >= 4 is 22.6 Å². The highest BCUT2D eigenvalue weighted by molar-refractivity contribution is 5.90. The molecule has 8 heteroatoms. The van der Waals surface area contributed by atoms with Crippen LogP contribution in [0, 0.1) is 26.6 Å². The van der Waals surface area contributed by atoms with Gasteiger partial charge in [-0.1, -0.05) is 6.07 Å². The van der Waals surface area contributed by atoms with Gasteiger partial charge < -0.3 is 5.32 Å². The SMILES string of the molecule is Cc1cc(C)cc(NC(=O)CCn2c(C)nc3c(cnn3-c3ccc(F)cc3)c2=O)c1. The normalized spacial score (nSPS) is 11.1. The van der Waals surface area contributed by atoms with Crippen molar-refractivity contribution in [1.29, 1.82) is 0 Å². The molecular formula is C23H22FN5O2. The zero-order valence-electron chi connectivity index (χ0n) is 17.5. The average Bonchev–Trinajstić information content (AvgIpc) is 3.11. The van der Waals surface area contributed by atoms with Crippen molar-refractivity contribution in [3.8, 4) is 5.69 Å². The molecule has 0 aliphatic rings. The topological polar surface area (TPSA) is 81.8 Å². The monoisotopic (exact) mass is 419 g/mol. The van der Waals surface area contributed by atoms with Crippen molar-refractivity contribution in [3.05, 3.63) is 81.8 Å². The second kappa shape index (κ2) is 8.14. The smallest absolute Gasteiger partial charge is 0.264 e. The molecule has 158 valence electrons. The van der Waals surface area contributed by atoms with Crippen LogP contribution < -0.4 is 10.9 Å². The summed E-state index contributed by atoms with van der Waals surface area (Å²) < 4.78 is 16.2. The van der Waals surface area contributed by atoms with Gasteiger partial charge in [-0.05, 0) is 68.3 Å². The van der Waals surface area contributed by atoms with Gasteiger partial charge in [-0.3, -0.25) is 14.2 Å². The highest BCUT2D eigenvalue weighted by Crippen LogP contribution is 2.16. The van der Waals surface area contributed by atoms with Gasteiger partial charge >= 0.3 is 0 Å².